The van der Waals surface area contributed by atoms with Crippen LogP contribution in [0.1, 0.15) is 6.92 Å². The first kappa shape index (κ1) is 16.1. The van der Waals surface area contributed by atoms with E-state index >= 15 is 0 Å². The van der Waals surface area contributed by atoms with Crippen molar-refractivity contribution in [3.8, 4) is 0 Å². The Bertz CT molecular complexity index is 284. The summed E-state index contributed by atoms with van der Waals surface area (Å²) < 4.78 is 28.1. The summed E-state index contributed by atoms with van der Waals surface area (Å²) in [5.41, 5.74) is 5.29. The van der Waals surface area contributed by atoms with Gasteiger partial charge in [-0.25, -0.2) is 8.42 Å². The Morgan fingerprint density at radius 1 is 1.44 bits per heavy atom. The molecule has 0 saturated carbocycles. The lowest BCUT2D eigenvalue weighted by atomic mass is 10.4. The van der Waals surface area contributed by atoms with Gasteiger partial charge < -0.3 is 10.5 Å². The van der Waals surface area contributed by atoms with Crippen LogP contribution in [0, 0.1) is 0 Å². The molecule has 1 heterocycles. The van der Waals surface area contributed by atoms with E-state index in [-0.39, 0.29) is 23.4 Å². The van der Waals surface area contributed by atoms with Crippen molar-refractivity contribution in [2.45, 2.75) is 12.2 Å². The Morgan fingerprint density at radius 3 is 2.69 bits per heavy atom. The van der Waals surface area contributed by atoms with Crippen LogP contribution in [0.25, 0.3) is 0 Å². The van der Waals surface area contributed by atoms with Gasteiger partial charge in [0, 0.05) is 26.2 Å². The molecule has 0 aliphatic carbocycles. The molecular formula is C9H21ClN2O3S. The van der Waals surface area contributed by atoms with Crippen LogP contribution in [0.4, 0.5) is 0 Å². The maximum atomic E-state index is 11.4. The minimum atomic E-state index is -2.83. The van der Waals surface area contributed by atoms with E-state index in [9.17, 15) is 8.42 Å². The third-order valence-corrected chi connectivity index (χ3v) is 4.76. The van der Waals surface area contributed by atoms with Crippen molar-refractivity contribution in [1.29, 1.82) is 0 Å². The van der Waals surface area contributed by atoms with E-state index in [4.69, 9.17) is 10.5 Å². The number of ether oxygens (including phenoxy) is 1. The highest BCUT2D eigenvalue weighted by Gasteiger charge is 2.28. The number of nitrogens with two attached hydrogens (primary N) is 1. The van der Waals surface area contributed by atoms with Crippen molar-refractivity contribution in [3.05, 3.63) is 0 Å². The summed E-state index contributed by atoms with van der Waals surface area (Å²) in [7, 11) is -2.83. The minimum Gasteiger partial charge on any atom is -0.379 e. The quantitative estimate of drug-likeness (QED) is 0.684. The number of sulfone groups is 1. The van der Waals surface area contributed by atoms with Crippen molar-refractivity contribution in [3.63, 3.8) is 0 Å². The molecule has 16 heavy (non-hydrogen) atoms. The van der Waals surface area contributed by atoms with Crippen LogP contribution in [0.2, 0.25) is 0 Å². The summed E-state index contributed by atoms with van der Waals surface area (Å²) in [6.07, 6.45) is 0. The van der Waals surface area contributed by atoms with Gasteiger partial charge in [-0.05, 0) is 6.92 Å². The van der Waals surface area contributed by atoms with Gasteiger partial charge in [-0.3, -0.25) is 4.90 Å². The third kappa shape index (κ3) is 4.97. The molecule has 1 saturated heterocycles. The molecule has 0 aromatic carbocycles. The Balaban J connectivity index is 0.00000225. The Kier molecular flexibility index (Phi) is 7.50. The number of halogens is 1. The summed E-state index contributed by atoms with van der Waals surface area (Å²) in [5.74, 6) is 0.269. The van der Waals surface area contributed by atoms with E-state index in [0.29, 0.717) is 32.8 Å². The van der Waals surface area contributed by atoms with Gasteiger partial charge in [0.2, 0.25) is 0 Å². The van der Waals surface area contributed by atoms with Crippen LogP contribution in [0.3, 0.4) is 0 Å². The second kappa shape index (κ2) is 7.45. The molecule has 98 valence electrons. The first-order valence-electron chi connectivity index (χ1n) is 5.28. The van der Waals surface area contributed by atoms with Gasteiger partial charge in [-0.1, -0.05) is 0 Å². The van der Waals surface area contributed by atoms with E-state index in [1.807, 2.05) is 0 Å². The predicted molar refractivity (Wildman–Crippen MR) is 66.8 cm³/mol. The molecule has 0 aromatic rings. The molecule has 1 aliphatic heterocycles. The van der Waals surface area contributed by atoms with Crippen molar-refractivity contribution in [1.82, 2.24) is 4.90 Å². The van der Waals surface area contributed by atoms with Gasteiger partial charge in [-0.15, -0.1) is 12.4 Å². The first-order valence-corrected chi connectivity index (χ1v) is 6.99. The SMILES string of the molecule is CC1CN(CCOCCN)CCS1(=O)=O.Cl. The van der Waals surface area contributed by atoms with Gasteiger partial charge in [0.05, 0.1) is 24.2 Å². The summed E-state index contributed by atoms with van der Waals surface area (Å²) >= 11 is 0. The van der Waals surface area contributed by atoms with Crippen molar-refractivity contribution < 1.29 is 13.2 Å². The minimum absolute atomic E-state index is 0. The van der Waals surface area contributed by atoms with Crippen LogP contribution >= 0.6 is 12.4 Å². The highest BCUT2D eigenvalue weighted by atomic mass is 35.5. The molecule has 0 amide bonds. The molecule has 0 bridgehead atoms. The maximum absolute atomic E-state index is 11.4. The van der Waals surface area contributed by atoms with Crippen LogP contribution < -0.4 is 5.73 Å². The molecular weight excluding hydrogens is 252 g/mol. The molecule has 1 rings (SSSR count). The van der Waals surface area contributed by atoms with E-state index in [1.54, 1.807) is 6.92 Å². The van der Waals surface area contributed by atoms with Gasteiger partial charge in [-0.2, -0.15) is 0 Å². The van der Waals surface area contributed by atoms with Gasteiger partial charge in [0.25, 0.3) is 0 Å². The summed E-state index contributed by atoms with van der Waals surface area (Å²) in [6.45, 7) is 5.53. The number of rotatable bonds is 5. The zero-order valence-electron chi connectivity index (χ0n) is 9.59. The van der Waals surface area contributed by atoms with Crippen molar-refractivity contribution in [2.24, 2.45) is 5.73 Å². The Hall–Kier alpha value is 0.120. The molecule has 0 aromatic heterocycles. The molecule has 7 heteroatoms. The molecule has 1 unspecified atom stereocenters. The van der Waals surface area contributed by atoms with Gasteiger partial charge >= 0.3 is 0 Å². The largest absolute Gasteiger partial charge is 0.379 e. The lowest BCUT2D eigenvalue weighted by Crippen LogP contribution is -2.46. The van der Waals surface area contributed by atoms with Gasteiger partial charge in [0.1, 0.15) is 0 Å². The molecule has 1 fully saturated rings. The lowest BCUT2D eigenvalue weighted by molar-refractivity contribution is 0.110. The Morgan fingerprint density at radius 2 is 2.12 bits per heavy atom. The fraction of sp³-hybridized carbons (Fsp3) is 1.00. The molecule has 0 spiro atoms. The van der Waals surface area contributed by atoms with Crippen LogP contribution in [-0.2, 0) is 14.6 Å². The van der Waals surface area contributed by atoms with E-state index in [2.05, 4.69) is 4.90 Å². The highest BCUT2D eigenvalue weighted by Crippen LogP contribution is 2.11. The summed E-state index contributed by atoms with van der Waals surface area (Å²) in [6, 6.07) is 0. The third-order valence-electron chi connectivity index (χ3n) is 2.63. The predicted octanol–water partition coefficient (Wildman–Crippen LogP) is -0.498. The zero-order chi connectivity index (χ0) is 11.3. The maximum Gasteiger partial charge on any atom is 0.155 e. The van der Waals surface area contributed by atoms with Crippen LogP contribution in [0.5, 0.6) is 0 Å². The van der Waals surface area contributed by atoms with Crippen molar-refractivity contribution >= 4 is 22.2 Å². The average Bonchev–Trinajstić information content (AvgIpc) is 2.18. The smallest absolute Gasteiger partial charge is 0.155 e. The average molecular weight is 273 g/mol. The molecule has 1 atom stereocenters. The second-order valence-electron chi connectivity index (χ2n) is 3.88. The summed E-state index contributed by atoms with van der Waals surface area (Å²) in [5, 5.41) is -0.249. The topological polar surface area (TPSA) is 72.6 Å². The normalized spacial score (nSPS) is 25.0. The van der Waals surface area contributed by atoms with Crippen molar-refractivity contribution in [2.75, 3.05) is 45.1 Å². The first-order chi connectivity index (χ1) is 7.06. The van der Waals surface area contributed by atoms with Gasteiger partial charge in [0.15, 0.2) is 9.84 Å². The fourth-order valence-electron chi connectivity index (χ4n) is 1.61. The highest BCUT2D eigenvalue weighted by molar-refractivity contribution is 7.92. The van der Waals surface area contributed by atoms with E-state index in [1.165, 1.54) is 0 Å². The zero-order valence-corrected chi connectivity index (χ0v) is 11.2. The monoisotopic (exact) mass is 272 g/mol. The van der Waals surface area contributed by atoms with Crippen LogP contribution in [0.15, 0.2) is 0 Å². The Labute approximate surface area is 104 Å². The van der Waals surface area contributed by atoms with E-state index in [0.717, 1.165) is 6.54 Å². The van der Waals surface area contributed by atoms with Crippen LogP contribution in [-0.4, -0.2) is 63.7 Å². The second-order valence-corrected chi connectivity index (χ2v) is 6.42. The van der Waals surface area contributed by atoms with E-state index < -0.39 is 9.84 Å². The molecule has 1 aliphatic rings. The fourth-order valence-corrected chi connectivity index (χ4v) is 2.96. The standard InChI is InChI=1S/C9H20N2O3S.ClH/c1-9-8-11(3-6-14-5-2-10)4-7-15(9,12)13;/h9H,2-8,10H2,1H3;1H. The number of hydrogen-bond acceptors (Lipinski definition) is 5. The number of nitrogens with zero attached hydrogens (tertiary/aromatic N) is 1. The molecule has 5 nitrogen and oxygen atoms in total. The summed E-state index contributed by atoms with van der Waals surface area (Å²) in [4.78, 5) is 2.13. The molecule has 0 radical (unpaired) electrons. The molecule has 2 N–H and O–H groups in total. The lowest BCUT2D eigenvalue weighted by Gasteiger charge is -2.30. The number of hydrogen-bond donors (Lipinski definition) is 1.